The van der Waals surface area contributed by atoms with E-state index in [1.807, 2.05) is 36.4 Å². The summed E-state index contributed by atoms with van der Waals surface area (Å²) in [7, 11) is -3.10. The zero-order valence-electron chi connectivity index (χ0n) is 18.0. The summed E-state index contributed by atoms with van der Waals surface area (Å²) in [6.07, 6.45) is 1.66. The van der Waals surface area contributed by atoms with Crippen LogP contribution in [0.3, 0.4) is 0 Å². The highest BCUT2D eigenvalue weighted by molar-refractivity contribution is 7.91. The van der Waals surface area contributed by atoms with E-state index in [-0.39, 0.29) is 23.5 Å². The third-order valence-electron chi connectivity index (χ3n) is 5.71. The molecule has 2 atom stereocenters. The van der Waals surface area contributed by atoms with Crippen molar-refractivity contribution in [2.24, 2.45) is 0 Å². The van der Waals surface area contributed by atoms with Gasteiger partial charge in [-0.2, -0.15) is 0 Å². The van der Waals surface area contributed by atoms with Crippen LogP contribution < -0.4 is 4.74 Å². The first-order chi connectivity index (χ1) is 14.3. The van der Waals surface area contributed by atoms with Gasteiger partial charge in [-0.1, -0.05) is 50.2 Å². The Hall–Kier alpha value is -2.34. The second-order valence-electron chi connectivity index (χ2n) is 7.95. The van der Waals surface area contributed by atoms with E-state index in [2.05, 4.69) is 26.0 Å². The number of benzene rings is 2. The van der Waals surface area contributed by atoms with Crippen LogP contribution in [-0.2, 0) is 34.0 Å². The van der Waals surface area contributed by atoms with Crippen LogP contribution >= 0.6 is 0 Å². The van der Waals surface area contributed by atoms with Gasteiger partial charge in [-0.25, -0.2) is 8.42 Å². The van der Waals surface area contributed by atoms with Gasteiger partial charge in [-0.05, 0) is 55.0 Å². The largest absolute Gasteiger partial charge is 0.481 e. The summed E-state index contributed by atoms with van der Waals surface area (Å²) < 4.78 is 30.0. The molecule has 2 unspecified atom stereocenters. The predicted molar refractivity (Wildman–Crippen MR) is 119 cm³/mol. The Morgan fingerprint density at radius 2 is 1.53 bits per heavy atom. The number of carbonyl (C=O) groups excluding carboxylic acids is 1. The minimum absolute atomic E-state index is 0.0176. The molecule has 0 aliphatic carbocycles. The van der Waals surface area contributed by atoms with Crippen LogP contribution in [0.25, 0.3) is 0 Å². The average Bonchev–Trinajstić information content (AvgIpc) is 3.11. The molecule has 1 saturated heterocycles. The van der Waals surface area contributed by atoms with Crippen LogP contribution in [0.5, 0.6) is 5.75 Å². The lowest BCUT2D eigenvalue weighted by molar-refractivity contribution is -0.140. The Morgan fingerprint density at radius 3 is 2.03 bits per heavy atom. The summed E-state index contributed by atoms with van der Waals surface area (Å²) in [5.74, 6) is 0.601. The topological polar surface area (TPSA) is 63.7 Å². The normalized spacial score (nSPS) is 18.7. The van der Waals surface area contributed by atoms with E-state index >= 15 is 0 Å². The van der Waals surface area contributed by atoms with E-state index < -0.39 is 15.9 Å². The molecule has 30 heavy (non-hydrogen) atoms. The quantitative estimate of drug-likeness (QED) is 0.640. The van der Waals surface area contributed by atoms with Gasteiger partial charge in [-0.3, -0.25) is 4.79 Å². The number of nitrogens with zero attached hydrogens (tertiary/aromatic N) is 1. The van der Waals surface area contributed by atoms with E-state index in [0.717, 1.165) is 18.4 Å². The first kappa shape index (κ1) is 22.3. The number of aryl methyl sites for hydroxylation is 2. The van der Waals surface area contributed by atoms with Gasteiger partial charge in [-0.15, -0.1) is 0 Å². The molecule has 6 heteroatoms. The van der Waals surface area contributed by atoms with Gasteiger partial charge in [0, 0.05) is 12.6 Å². The fourth-order valence-electron chi connectivity index (χ4n) is 3.78. The molecule has 0 bridgehead atoms. The van der Waals surface area contributed by atoms with Crippen LogP contribution in [0.1, 0.15) is 43.9 Å². The number of hydrogen-bond donors (Lipinski definition) is 0. The maximum absolute atomic E-state index is 13.3. The van der Waals surface area contributed by atoms with Gasteiger partial charge in [0.15, 0.2) is 15.9 Å². The monoisotopic (exact) mass is 429 g/mol. The number of hydrogen-bond acceptors (Lipinski definition) is 4. The highest BCUT2D eigenvalue weighted by atomic mass is 32.2. The molecule has 1 heterocycles. The Kier molecular flexibility index (Phi) is 7.19. The highest BCUT2D eigenvalue weighted by Gasteiger charge is 2.36. The maximum atomic E-state index is 13.3. The molecule has 1 aliphatic heterocycles. The van der Waals surface area contributed by atoms with E-state index in [4.69, 9.17) is 4.74 Å². The van der Waals surface area contributed by atoms with Crippen molar-refractivity contribution in [3.05, 3.63) is 65.2 Å². The molecule has 162 valence electrons. The van der Waals surface area contributed by atoms with Gasteiger partial charge in [0.1, 0.15) is 5.75 Å². The molecule has 3 rings (SSSR count). The Bertz CT molecular complexity index is 952. The van der Waals surface area contributed by atoms with Crippen molar-refractivity contribution in [2.45, 2.75) is 58.7 Å². The van der Waals surface area contributed by atoms with E-state index in [1.54, 1.807) is 11.8 Å². The second kappa shape index (κ2) is 9.65. The molecule has 1 aliphatic rings. The number of amides is 1. The molecule has 0 N–H and O–H groups in total. The molecule has 1 amide bonds. The van der Waals surface area contributed by atoms with Crippen LogP contribution in [0, 0.1) is 0 Å². The lowest BCUT2D eigenvalue weighted by Gasteiger charge is -2.31. The van der Waals surface area contributed by atoms with Gasteiger partial charge in [0.25, 0.3) is 5.91 Å². The lowest BCUT2D eigenvalue weighted by atomic mass is 10.1. The summed E-state index contributed by atoms with van der Waals surface area (Å²) >= 11 is 0. The number of sulfone groups is 1. The molecule has 1 fully saturated rings. The van der Waals surface area contributed by atoms with E-state index in [9.17, 15) is 13.2 Å². The van der Waals surface area contributed by atoms with E-state index in [0.29, 0.717) is 18.7 Å². The summed E-state index contributed by atoms with van der Waals surface area (Å²) in [4.78, 5) is 15.0. The van der Waals surface area contributed by atoms with Crippen molar-refractivity contribution in [3.63, 3.8) is 0 Å². The van der Waals surface area contributed by atoms with Crippen molar-refractivity contribution in [1.29, 1.82) is 0 Å². The van der Waals surface area contributed by atoms with Crippen LogP contribution in [0.2, 0.25) is 0 Å². The maximum Gasteiger partial charge on any atom is 0.263 e. The van der Waals surface area contributed by atoms with Crippen molar-refractivity contribution < 1.29 is 17.9 Å². The van der Waals surface area contributed by atoms with E-state index in [1.165, 1.54) is 11.1 Å². The molecule has 0 radical (unpaired) electrons. The zero-order valence-corrected chi connectivity index (χ0v) is 18.8. The fourth-order valence-corrected chi connectivity index (χ4v) is 5.51. The molecule has 2 aromatic rings. The number of carbonyl (C=O) groups is 1. The summed E-state index contributed by atoms with van der Waals surface area (Å²) in [6, 6.07) is 15.5. The first-order valence-corrected chi connectivity index (χ1v) is 12.5. The summed E-state index contributed by atoms with van der Waals surface area (Å²) in [5.41, 5.74) is 3.42. The fraction of sp³-hybridized carbons (Fsp3) is 0.458. The lowest BCUT2D eigenvalue weighted by Crippen LogP contribution is -2.46. The standard InChI is InChI=1S/C24H31NO4S/c1-4-19-6-8-21(9-7-19)16-25(22-14-15-30(27,28)17-22)24(26)18(3)29-23-12-10-20(5-2)11-13-23/h6-13,18,22H,4-5,14-17H2,1-3H3. The van der Waals surface area contributed by atoms with Gasteiger partial charge >= 0.3 is 0 Å². The second-order valence-corrected chi connectivity index (χ2v) is 10.2. The van der Waals surface area contributed by atoms with Crippen molar-refractivity contribution >= 4 is 15.7 Å². The van der Waals surface area contributed by atoms with Gasteiger partial charge < -0.3 is 9.64 Å². The Morgan fingerprint density at radius 1 is 1.00 bits per heavy atom. The average molecular weight is 430 g/mol. The van der Waals surface area contributed by atoms with Crippen molar-refractivity contribution in [1.82, 2.24) is 4.90 Å². The molecule has 0 aromatic heterocycles. The number of ether oxygens (including phenoxy) is 1. The SMILES string of the molecule is CCc1ccc(CN(C(=O)C(C)Oc2ccc(CC)cc2)C2CCS(=O)(=O)C2)cc1. The van der Waals surface area contributed by atoms with Gasteiger partial charge in [0.05, 0.1) is 11.5 Å². The summed E-state index contributed by atoms with van der Waals surface area (Å²) in [6.45, 7) is 6.29. The molecule has 5 nitrogen and oxygen atoms in total. The van der Waals surface area contributed by atoms with Gasteiger partial charge in [0.2, 0.25) is 0 Å². The van der Waals surface area contributed by atoms with Crippen LogP contribution in [0.4, 0.5) is 0 Å². The number of rotatable bonds is 8. The van der Waals surface area contributed by atoms with Crippen LogP contribution in [-0.4, -0.2) is 42.9 Å². The molecule has 2 aromatic carbocycles. The molecular weight excluding hydrogens is 398 g/mol. The molecule has 0 spiro atoms. The van der Waals surface area contributed by atoms with Crippen LogP contribution in [0.15, 0.2) is 48.5 Å². The predicted octanol–water partition coefficient (Wildman–Crippen LogP) is 3.79. The Labute approximate surface area is 180 Å². The summed E-state index contributed by atoms with van der Waals surface area (Å²) in [5, 5.41) is 0. The zero-order chi connectivity index (χ0) is 21.7. The van der Waals surface area contributed by atoms with Crippen molar-refractivity contribution in [3.8, 4) is 5.75 Å². The van der Waals surface area contributed by atoms with Crippen molar-refractivity contribution in [2.75, 3.05) is 11.5 Å². The minimum Gasteiger partial charge on any atom is -0.481 e. The smallest absolute Gasteiger partial charge is 0.263 e. The minimum atomic E-state index is -3.10. The third kappa shape index (κ3) is 5.63. The highest BCUT2D eigenvalue weighted by Crippen LogP contribution is 2.23. The Balaban J connectivity index is 1.77. The first-order valence-electron chi connectivity index (χ1n) is 10.7. The third-order valence-corrected chi connectivity index (χ3v) is 7.46. The molecular formula is C24H31NO4S. The molecule has 0 saturated carbocycles.